The third-order valence-electron chi connectivity index (χ3n) is 4.82. The van der Waals surface area contributed by atoms with Crippen LogP contribution in [0.15, 0.2) is 28.7 Å². The van der Waals surface area contributed by atoms with E-state index < -0.39 is 11.7 Å². The molecular weight excluding hydrogens is 463 g/mol. The van der Waals surface area contributed by atoms with Crippen molar-refractivity contribution in [3.63, 3.8) is 0 Å². The zero-order chi connectivity index (χ0) is 22.2. The lowest BCUT2D eigenvalue weighted by Gasteiger charge is -2.10. The largest absolute Gasteiger partial charge is 0.416 e. The van der Waals surface area contributed by atoms with E-state index in [4.69, 9.17) is 0 Å². The summed E-state index contributed by atoms with van der Waals surface area (Å²) in [6, 6.07) is 5.13. The minimum Gasteiger partial charge on any atom is -0.321 e. The maximum atomic E-state index is 13.0. The van der Waals surface area contributed by atoms with Crippen molar-refractivity contribution in [3.8, 4) is 0 Å². The molecule has 3 rings (SSSR count). The second kappa shape index (κ2) is 8.25. The second-order valence-corrected chi connectivity index (χ2v) is 7.89. The van der Waals surface area contributed by atoms with Crippen molar-refractivity contribution in [2.24, 2.45) is 0 Å². The number of nitrogens with zero attached hydrogens (tertiary/aromatic N) is 4. The van der Waals surface area contributed by atoms with Gasteiger partial charge in [0.2, 0.25) is 5.91 Å². The van der Waals surface area contributed by atoms with Crippen LogP contribution in [-0.2, 0) is 24.1 Å². The first kappa shape index (κ1) is 22.1. The Morgan fingerprint density at radius 1 is 1.07 bits per heavy atom. The van der Waals surface area contributed by atoms with Crippen LogP contribution in [0.2, 0.25) is 0 Å². The van der Waals surface area contributed by atoms with Crippen LogP contribution < -0.4 is 5.32 Å². The van der Waals surface area contributed by atoms with Gasteiger partial charge < -0.3 is 5.32 Å². The average molecular weight is 484 g/mol. The van der Waals surface area contributed by atoms with Gasteiger partial charge in [-0.3, -0.25) is 14.2 Å². The number of nitrogens with one attached hydrogen (secondary N) is 1. The molecule has 0 radical (unpaired) electrons. The van der Waals surface area contributed by atoms with Crippen molar-refractivity contribution < 1.29 is 18.0 Å². The van der Waals surface area contributed by atoms with E-state index in [1.807, 2.05) is 13.8 Å². The van der Waals surface area contributed by atoms with Crippen LogP contribution in [0.1, 0.15) is 33.9 Å². The van der Waals surface area contributed by atoms with Crippen molar-refractivity contribution in [1.29, 1.82) is 0 Å². The Labute approximate surface area is 180 Å². The van der Waals surface area contributed by atoms with Crippen molar-refractivity contribution in [2.45, 2.75) is 47.0 Å². The molecule has 1 amide bonds. The summed E-state index contributed by atoms with van der Waals surface area (Å²) in [4.78, 5) is 12.5. The normalized spacial score (nSPS) is 11.7. The van der Waals surface area contributed by atoms with Gasteiger partial charge in [-0.2, -0.15) is 23.4 Å². The van der Waals surface area contributed by atoms with Crippen LogP contribution in [0.25, 0.3) is 0 Å². The van der Waals surface area contributed by atoms with E-state index in [1.54, 1.807) is 29.3 Å². The number of hydrogen-bond donors (Lipinski definition) is 1. The minimum absolute atomic E-state index is 0.0377. The minimum atomic E-state index is -4.40. The maximum absolute atomic E-state index is 13.0. The Hall–Kier alpha value is -2.62. The number of rotatable bonds is 5. The van der Waals surface area contributed by atoms with Crippen LogP contribution in [0.3, 0.4) is 0 Å². The Balaban J connectivity index is 1.77. The van der Waals surface area contributed by atoms with Crippen LogP contribution in [0.5, 0.6) is 0 Å². The molecule has 0 aliphatic rings. The third-order valence-corrected chi connectivity index (χ3v) is 5.97. The highest BCUT2D eigenvalue weighted by Gasteiger charge is 2.30. The molecule has 0 spiro atoms. The van der Waals surface area contributed by atoms with Crippen molar-refractivity contribution in [1.82, 2.24) is 19.6 Å². The van der Waals surface area contributed by atoms with Gasteiger partial charge in [-0.25, -0.2) is 0 Å². The molecule has 0 saturated carbocycles. The fourth-order valence-electron chi connectivity index (χ4n) is 3.19. The van der Waals surface area contributed by atoms with Gasteiger partial charge in [0, 0.05) is 0 Å². The molecule has 2 aromatic heterocycles. The first-order valence-corrected chi connectivity index (χ1v) is 9.96. The average Bonchev–Trinajstić information content (AvgIpc) is 3.06. The molecular formula is C20H21BrF3N5O. The topological polar surface area (TPSA) is 64.7 Å². The molecule has 1 aromatic carbocycles. The standard InChI is InChI=1S/C20H21BrF3N5O/c1-11-18(21)13(3)29(26-11)10-17(30)25-19-12(2)27-28(14(19)4)9-15-6-5-7-16(8-15)20(22,23)24/h5-8H,9-10H2,1-4H3,(H,25,30). The molecule has 0 unspecified atom stereocenters. The summed E-state index contributed by atoms with van der Waals surface area (Å²) in [6.07, 6.45) is -4.40. The lowest BCUT2D eigenvalue weighted by Crippen LogP contribution is -2.21. The van der Waals surface area contributed by atoms with Gasteiger partial charge in [-0.05, 0) is 61.3 Å². The molecule has 1 N–H and O–H groups in total. The summed E-state index contributed by atoms with van der Waals surface area (Å²) in [7, 11) is 0. The summed E-state index contributed by atoms with van der Waals surface area (Å²) in [6.45, 7) is 7.42. The fraction of sp³-hybridized carbons (Fsp3) is 0.350. The molecule has 10 heteroatoms. The maximum Gasteiger partial charge on any atom is 0.416 e. The summed E-state index contributed by atoms with van der Waals surface area (Å²) in [5.74, 6) is -0.266. The van der Waals surface area contributed by atoms with Gasteiger partial charge in [-0.15, -0.1) is 0 Å². The number of benzene rings is 1. The summed E-state index contributed by atoms with van der Waals surface area (Å²) in [5, 5.41) is 11.6. The number of halogens is 4. The summed E-state index contributed by atoms with van der Waals surface area (Å²) in [5.41, 5.74) is 3.20. The number of hydrogen-bond acceptors (Lipinski definition) is 3. The molecule has 0 aliphatic carbocycles. The van der Waals surface area contributed by atoms with Crippen LogP contribution >= 0.6 is 15.9 Å². The number of amides is 1. The Bertz CT molecular complexity index is 1100. The Kier molecular flexibility index (Phi) is 6.07. The predicted molar refractivity (Wildman–Crippen MR) is 110 cm³/mol. The van der Waals surface area contributed by atoms with E-state index in [-0.39, 0.29) is 19.0 Å². The van der Waals surface area contributed by atoms with E-state index in [0.29, 0.717) is 22.6 Å². The van der Waals surface area contributed by atoms with Gasteiger partial charge in [0.25, 0.3) is 0 Å². The molecule has 30 heavy (non-hydrogen) atoms. The molecule has 2 heterocycles. The van der Waals surface area contributed by atoms with Crippen LogP contribution in [0, 0.1) is 27.7 Å². The van der Waals surface area contributed by atoms with E-state index in [1.165, 1.54) is 6.07 Å². The van der Waals surface area contributed by atoms with E-state index in [2.05, 4.69) is 31.4 Å². The molecule has 3 aromatic rings. The highest BCUT2D eigenvalue weighted by atomic mass is 79.9. The summed E-state index contributed by atoms with van der Waals surface area (Å²) >= 11 is 3.43. The SMILES string of the molecule is Cc1nn(CC(=O)Nc2c(C)nn(Cc3cccc(C(F)(F)F)c3)c2C)c(C)c1Br. The smallest absolute Gasteiger partial charge is 0.321 e. The molecule has 6 nitrogen and oxygen atoms in total. The molecule has 0 bridgehead atoms. The number of carbonyl (C=O) groups is 1. The van der Waals surface area contributed by atoms with Crippen molar-refractivity contribution >= 4 is 27.5 Å². The van der Waals surface area contributed by atoms with Crippen molar-refractivity contribution in [2.75, 3.05) is 5.32 Å². The molecule has 0 fully saturated rings. The fourth-order valence-corrected chi connectivity index (χ4v) is 3.48. The lowest BCUT2D eigenvalue weighted by atomic mass is 10.1. The van der Waals surface area contributed by atoms with Gasteiger partial charge in [0.15, 0.2) is 0 Å². The lowest BCUT2D eigenvalue weighted by molar-refractivity contribution is -0.137. The second-order valence-electron chi connectivity index (χ2n) is 7.09. The Morgan fingerprint density at radius 2 is 1.73 bits per heavy atom. The van der Waals surface area contributed by atoms with Gasteiger partial charge in [0.1, 0.15) is 6.54 Å². The number of alkyl halides is 3. The number of aromatic nitrogens is 4. The zero-order valence-corrected chi connectivity index (χ0v) is 18.5. The monoisotopic (exact) mass is 483 g/mol. The quantitative estimate of drug-likeness (QED) is 0.567. The van der Waals surface area contributed by atoms with Crippen LogP contribution in [-0.4, -0.2) is 25.5 Å². The molecule has 0 atom stereocenters. The van der Waals surface area contributed by atoms with E-state index >= 15 is 0 Å². The summed E-state index contributed by atoms with van der Waals surface area (Å²) < 4.78 is 42.9. The highest BCUT2D eigenvalue weighted by molar-refractivity contribution is 9.10. The van der Waals surface area contributed by atoms with E-state index in [9.17, 15) is 18.0 Å². The predicted octanol–water partition coefficient (Wildman–Crippen LogP) is 4.78. The Morgan fingerprint density at radius 3 is 2.33 bits per heavy atom. The van der Waals surface area contributed by atoms with Gasteiger partial charge >= 0.3 is 6.18 Å². The first-order chi connectivity index (χ1) is 14.0. The third kappa shape index (κ3) is 4.58. The van der Waals surface area contributed by atoms with Crippen LogP contribution in [0.4, 0.5) is 18.9 Å². The molecule has 0 aliphatic heterocycles. The van der Waals surface area contributed by atoms with Gasteiger partial charge in [-0.1, -0.05) is 12.1 Å². The van der Waals surface area contributed by atoms with Crippen molar-refractivity contribution in [3.05, 3.63) is 62.6 Å². The number of anilines is 1. The molecule has 160 valence electrons. The molecule has 0 saturated heterocycles. The number of aryl methyl sites for hydroxylation is 2. The number of carbonyl (C=O) groups excluding carboxylic acids is 1. The highest BCUT2D eigenvalue weighted by Crippen LogP contribution is 2.30. The van der Waals surface area contributed by atoms with Gasteiger partial charge in [0.05, 0.1) is 45.0 Å². The zero-order valence-electron chi connectivity index (χ0n) is 16.9. The first-order valence-electron chi connectivity index (χ1n) is 9.17. The van der Waals surface area contributed by atoms with E-state index in [0.717, 1.165) is 28.0 Å².